The summed E-state index contributed by atoms with van der Waals surface area (Å²) in [5.74, 6) is -0.372. The van der Waals surface area contributed by atoms with Crippen LogP contribution in [0.2, 0.25) is 0 Å². The summed E-state index contributed by atoms with van der Waals surface area (Å²) in [7, 11) is 0. The number of benzene rings is 1. The van der Waals surface area contributed by atoms with E-state index in [0.29, 0.717) is 24.5 Å². The highest BCUT2D eigenvalue weighted by Crippen LogP contribution is 2.14. The van der Waals surface area contributed by atoms with Crippen LogP contribution in [-0.2, 0) is 14.4 Å². The van der Waals surface area contributed by atoms with Crippen molar-refractivity contribution >= 4 is 29.1 Å². The molecule has 0 atom stereocenters. The molecule has 1 fully saturated rings. The zero-order valence-electron chi connectivity index (χ0n) is 17.0. The summed E-state index contributed by atoms with van der Waals surface area (Å²) >= 11 is 0. The molecule has 0 saturated carbocycles. The molecule has 2 N–H and O–H groups in total. The predicted octanol–water partition coefficient (Wildman–Crippen LogP) is 2.70. The van der Waals surface area contributed by atoms with Crippen LogP contribution in [0, 0.1) is 0 Å². The Morgan fingerprint density at radius 2 is 1.46 bits per heavy atom. The van der Waals surface area contributed by atoms with Crippen LogP contribution in [0.15, 0.2) is 24.3 Å². The molecule has 7 heteroatoms. The third kappa shape index (κ3) is 7.68. The van der Waals surface area contributed by atoms with Gasteiger partial charge in [-0.15, -0.1) is 0 Å². The van der Waals surface area contributed by atoms with Gasteiger partial charge in [0, 0.05) is 24.8 Å². The second-order valence-electron chi connectivity index (χ2n) is 7.26. The Morgan fingerprint density at radius 3 is 2.00 bits per heavy atom. The van der Waals surface area contributed by atoms with Gasteiger partial charge in [0.05, 0.1) is 13.1 Å². The minimum atomic E-state index is -0.227. The quantitative estimate of drug-likeness (QED) is 0.752. The smallest absolute Gasteiger partial charge is 0.243 e. The largest absolute Gasteiger partial charge is 0.333 e. The fourth-order valence-electron chi connectivity index (χ4n) is 3.35. The number of nitrogens with zero attached hydrogens (tertiary/aromatic N) is 2. The Bertz CT molecular complexity index is 652. The molecule has 0 spiro atoms. The van der Waals surface area contributed by atoms with Gasteiger partial charge in [-0.25, -0.2) is 0 Å². The molecule has 0 radical (unpaired) electrons. The number of carbonyl (C=O) groups is 3. The lowest BCUT2D eigenvalue weighted by Gasteiger charge is -2.27. The fraction of sp³-hybridized carbons (Fsp3) is 0.571. The lowest BCUT2D eigenvalue weighted by atomic mass is 10.1. The summed E-state index contributed by atoms with van der Waals surface area (Å²) in [4.78, 5) is 39.9. The summed E-state index contributed by atoms with van der Waals surface area (Å²) in [6, 6.07) is 6.90. The minimum Gasteiger partial charge on any atom is -0.333 e. The summed E-state index contributed by atoms with van der Waals surface area (Å²) in [5, 5.41) is 5.48. The average molecular weight is 389 g/mol. The molecule has 1 saturated heterocycles. The van der Waals surface area contributed by atoms with Gasteiger partial charge in [0.2, 0.25) is 17.7 Å². The lowest BCUT2D eigenvalue weighted by molar-refractivity contribution is -0.135. The van der Waals surface area contributed by atoms with Crippen LogP contribution in [0.4, 0.5) is 11.4 Å². The maximum absolute atomic E-state index is 12.6. The van der Waals surface area contributed by atoms with E-state index in [-0.39, 0.29) is 24.3 Å². The van der Waals surface area contributed by atoms with Crippen molar-refractivity contribution in [2.24, 2.45) is 0 Å². The summed E-state index contributed by atoms with van der Waals surface area (Å²) in [6.07, 6.45) is 6.01. The van der Waals surface area contributed by atoms with Gasteiger partial charge in [-0.3, -0.25) is 19.3 Å². The Kier molecular flexibility index (Phi) is 8.94. The summed E-state index contributed by atoms with van der Waals surface area (Å²) in [6.45, 7) is 6.16. The number of likely N-dealkylation sites (N-methyl/N-ethyl adjacent to an activating group) is 1. The Hall–Kier alpha value is -2.41. The van der Waals surface area contributed by atoms with Gasteiger partial charge in [0.1, 0.15) is 0 Å². The van der Waals surface area contributed by atoms with Crippen LogP contribution >= 0.6 is 0 Å². The Morgan fingerprint density at radius 1 is 0.929 bits per heavy atom. The third-order valence-corrected chi connectivity index (χ3v) is 4.87. The Balaban J connectivity index is 1.83. The zero-order chi connectivity index (χ0) is 20.4. The van der Waals surface area contributed by atoms with Crippen molar-refractivity contribution in [3.05, 3.63) is 24.3 Å². The number of nitrogens with one attached hydrogen (secondary N) is 2. The van der Waals surface area contributed by atoms with E-state index in [4.69, 9.17) is 0 Å². The van der Waals surface area contributed by atoms with Crippen molar-refractivity contribution in [2.75, 3.05) is 43.4 Å². The molecule has 0 aromatic heterocycles. The second-order valence-corrected chi connectivity index (χ2v) is 7.26. The van der Waals surface area contributed by atoms with Gasteiger partial charge in [-0.05, 0) is 57.1 Å². The molecule has 2 rings (SSSR count). The average Bonchev–Trinajstić information content (AvgIpc) is 2.63. The number of hydrogen-bond donors (Lipinski definition) is 2. The van der Waals surface area contributed by atoms with Gasteiger partial charge in [0.25, 0.3) is 0 Å². The molecule has 0 bridgehead atoms. The van der Waals surface area contributed by atoms with Crippen LogP contribution in [0.5, 0.6) is 0 Å². The highest BCUT2D eigenvalue weighted by Gasteiger charge is 2.19. The van der Waals surface area contributed by atoms with Gasteiger partial charge < -0.3 is 15.5 Å². The molecule has 7 nitrogen and oxygen atoms in total. The number of rotatable bonds is 7. The number of amides is 3. The fourth-order valence-corrected chi connectivity index (χ4v) is 3.35. The molecule has 1 aliphatic heterocycles. The standard InChI is InChI=1S/C21H32N4O3/c1-3-25(21(28)16-24-13-7-5-4-6-8-14-24)15-20(27)23-19-11-9-18(10-12-19)22-17(2)26/h9-12H,3-8,13-16H2,1-2H3,(H,22,26)(H,23,27). The van der Waals surface area contributed by atoms with Crippen LogP contribution in [-0.4, -0.2) is 60.2 Å². The highest BCUT2D eigenvalue weighted by molar-refractivity contribution is 5.95. The van der Waals surface area contributed by atoms with E-state index in [1.165, 1.54) is 26.2 Å². The van der Waals surface area contributed by atoms with E-state index in [1.807, 2.05) is 6.92 Å². The van der Waals surface area contributed by atoms with E-state index < -0.39 is 0 Å². The zero-order valence-corrected chi connectivity index (χ0v) is 17.0. The molecular weight excluding hydrogens is 356 g/mol. The first-order valence-corrected chi connectivity index (χ1v) is 10.2. The molecular formula is C21H32N4O3. The summed E-state index contributed by atoms with van der Waals surface area (Å²) in [5.41, 5.74) is 1.30. The molecule has 1 aliphatic rings. The number of anilines is 2. The van der Waals surface area contributed by atoms with Crippen LogP contribution in [0.25, 0.3) is 0 Å². The molecule has 1 aromatic rings. The van der Waals surface area contributed by atoms with Gasteiger partial charge in [-0.1, -0.05) is 19.3 Å². The maximum atomic E-state index is 12.6. The van der Waals surface area contributed by atoms with Crippen molar-refractivity contribution in [3.63, 3.8) is 0 Å². The van der Waals surface area contributed by atoms with E-state index in [1.54, 1.807) is 29.2 Å². The minimum absolute atomic E-state index is 0.000713. The number of hydrogen-bond acceptors (Lipinski definition) is 4. The van der Waals surface area contributed by atoms with Crippen LogP contribution in [0.1, 0.15) is 46.0 Å². The predicted molar refractivity (Wildman–Crippen MR) is 111 cm³/mol. The molecule has 154 valence electrons. The lowest BCUT2D eigenvalue weighted by Crippen LogP contribution is -2.44. The monoisotopic (exact) mass is 388 g/mol. The topological polar surface area (TPSA) is 81.8 Å². The molecule has 28 heavy (non-hydrogen) atoms. The molecule has 3 amide bonds. The van der Waals surface area contributed by atoms with Gasteiger partial charge in [-0.2, -0.15) is 0 Å². The van der Waals surface area contributed by atoms with Crippen LogP contribution < -0.4 is 10.6 Å². The number of carbonyl (C=O) groups excluding carboxylic acids is 3. The first-order chi connectivity index (χ1) is 13.5. The van der Waals surface area contributed by atoms with Crippen molar-refractivity contribution in [1.82, 2.24) is 9.80 Å². The molecule has 0 unspecified atom stereocenters. The van der Waals surface area contributed by atoms with Gasteiger partial charge >= 0.3 is 0 Å². The summed E-state index contributed by atoms with van der Waals surface area (Å²) < 4.78 is 0. The van der Waals surface area contributed by atoms with E-state index >= 15 is 0 Å². The highest BCUT2D eigenvalue weighted by atomic mass is 16.2. The Labute approximate surface area is 167 Å². The van der Waals surface area contributed by atoms with Crippen molar-refractivity contribution in [2.45, 2.75) is 46.0 Å². The maximum Gasteiger partial charge on any atom is 0.243 e. The molecule has 1 heterocycles. The van der Waals surface area contributed by atoms with Gasteiger partial charge in [0.15, 0.2) is 0 Å². The molecule has 1 aromatic carbocycles. The van der Waals surface area contributed by atoms with E-state index in [0.717, 1.165) is 25.9 Å². The first kappa shape index (κ1) is 21.9. The van der Waals surface area contributed by atoms with Crippen molar-refractivity contribution in [1.29, 1.82) is 0 Å². The first-order valence-electron chi connectivity index (χ1n) is 10.2. The van der Waals surface area contributed by atoms with Crippen LogP contribution in [0.3, 0.4) is 0 Å². The second kappa shape index (κ2) is 11.4. The van der Waals surface area contributed by atoms with E-state index in [2.05, 4.69) is 15.5 Å². The van der Waals surface area contributed by atoms with Crippen molar-refractivity contribution < 1.29 is 14.4 Å². The SMILES string of the molecule is CCN(CC(=O)Nc1ccc(NC(C)=O)cc1)C(=O)CN1CCCCCCC1. The van der Waals surface area contributed by atoms with Crippen molar-refractivity contribution in [3.8, 4) is 0 Å². The molecule has 0 aliphatic carbocycles. The normalized spacial score (nSPS) is 15.2. The third-order valence-electron chi connectivity index (χ3n) is 4.87. The van der Waals surface area contributed by atoms with E-state index in [9.17, 15) is 14.4 Å². The number of likely N-dealkylation sites (tertiary alicyclic amines) is 1.